The number of carbonyl (C=O) groups is 2. The van der Waals surface area contributed by atoms with Gasteiger partial charge in [-0.05, 0) is 73.8 Å². The molecular weight excluding hydrogens is 421 g/mol. The van der Waals surface area contributed by atoms with Crippen LogP contribution in [-0.2, 0) is 11.2 Å². The number of carbonyl (C=O) groups excluding carboxylic acids is 1. The molecule has 2 aliphatic carbocycles. The van der Waals surface area contributed by atoms with E-state index in [1.165, 1.54) is 24.5 Å². The van der Waals surface area contributed by atoms with E-state index < -0.39 is 17.9 Å². The Morgan fingerprint density at radius 3 is 2.35 bits per heavy atom. The van der Waals surface area contributed by atoms with E-state index in [2.05, 4.69) is 17.4 Å². The summed E-state index contributed by atoms with van der Waals surface area (Å²) >= 11 is 5.91. The monoisotopic (exact) mass is 447 g/mol. The third kappa shape index (κ3) is 6.96. The van der Waals surface area contributed by atoms with E-state index in [4.69, 9.17) is 26.6 Å². The molecule has 0 aromatic heterocycles. The molecule has 2 aromatic carbocycles. The van der Waals surface area contributed by atoms with Crippen LogP contribution >= 0.6 is 11.6 Å². The van der Waals surface area contributed by atoms with Crippen LogP contribution in [-0.4, -0.2) is 22.3 Å². The molecule has 3 N–H and O–H groups in total. The first-order valence-electron chi connectivity index (χ1n) is 10.6. The van der Waals surface area contributed by atoms with Crippen molar-refractivity contribution in [2.75, 3.05) is 5.32 Å². The van der Waals surface area contributed by atoms with Gasteiger partial charge in [-0.2, -0.15) is 0 Å². The molecule has 0 spiro atoms. The van der Waals surface area contributed by atoms with Crippen molar-refractivity contribution in [1.82, 2.24) is 0 Å². The van der Waals surface area contributed by atoms with Gasteiger partial charge in [0, 0.05) is 16.3 Å². The van der Waals surface area contributed by atoms with Crippen molar-refractivity contribution < 1.29 is 24.2 Å². The number of rotatable bonds is 6. The molecule has 1 amide bonds. The van der Waals surface area contributed by atoms with E-state index >= 15 is 0 Å². The van der Waals surface area contributed by atoms with Gasteiger partial charge in [0.05, 0.1) is 5.92 Å². The lowest BCUT2D eigenvalue weighted by molar-refractivity contribution is -0.118. The van der Waals surface area contributed by atoms with Crippen molar-refractivity contribution in [2.45, 2.75) is 50.9 Å². The van der Waals surface area contributed by atoms with E-state index in [-0.39, 0.29) is 11.8 Å². The highest BCUT2D eigenvalue weighted by Crippen LogP contribution is 2.39. The highest BCUT2D eigenvalue weighted by molar-refractivity contribution is 6.30. The number of hydrogen-bond acceptors (Lipinski definition) is 2. The lowest BCUT2D eigenvalue weighted by Gasteiger charge is -2.24. The van der Waals surface area contributed by atoms with Crippen LogP contribution in [0.15, 0.2) is 42.5 Å². The summed E-state index contributed by atoms with van der Waals surface area (Å²) in [6.45, 7) is 0. The molecular formula is C24H27ClFNO4. The number of nitrogens with one attached hydrogen (secondary N) is 1. The van der Waals surface area contributed by atoms with Crippen LogP contribution in [0.2, 0.25) is 5.02 Å². The van der Waals surface area contributed by atoms with Gasteiger partial charge in [-0.3, -0.25) is 4.79 Å². The smallest absolute Gasteiger partial charge is 0.450 e. The van der Waals surface area contributed by atoms with Gasteiger partial charge < -0.3 is 15.5 Å². The Balaban J connectivity index is 0.000000628. The van der Waals surface area contributed by atoms with E-state index in [0.717, 1.165) is 43.7 Å². The third-order valence-electron chi connectivity index (χ3n) is 5.87. The molecule has 31 heavy (non-hydrogen) atoms. The second-order valence-electron chi connectivity index (χ2n) is 8.31. The fourth-order valence-corrected chi connectivity index (χ4v) is 4.46. The predicted molar refractivity (Wildman–Crippen MR) is 118 cm³/mol. The van der Waals surface area contributed by atoms with E-state index in [1.54, 1.807) is 12.1 Å². The fraction of sp³-hybridized carbons (Fsp3) is 0.417. The maximum absolute atomic E-state index is 14.6. The van der Waals surface area contributed by atoms with Gasteiger partial charge >= 0.3 is 6.16 Å². The van der Waals surface area contributed by atoms with Gasteiger partial charge in [0.15, 0.2) is 0 Å². The van der Waals surface area contributed by atoms with Crippen LogP contribution in [0.4, 0.5) is 14.9 Å². The first-order valence-corrected chi connectivity index (χ1v) is 11.0. The van der Waals surface area contributed by atoms with Crippen molar-refractivity contribution in [1.29, 1.82) is 0 Å². The minimum absolute atomic E-state index is 0.119. The van der Waals surface area contributed by atoms with E-state index in [9.17, 15) is 9.18 Å². The number of carboxylic acid groups (broad SMARTS) is 2. The second-order valence-corrected chi connectivity index (χ2v) is 8.74. The zero-order valence-electron chi connectivity index (χ0n) is 17.2. The lowest BCUT2D eigenvalue weighted by Crippen LogP contribution is -2.27. The highest BCUT2D eigenvalue weighted by atomic mass is 35.5. The number of benzene rings is 2. The molecule has 0 heterocycles. The summed E-state index contributed by atoms with van der Waals surface area (Å²) < 4.78 is 14.6. The third-order valence-corrected chi connectivity index (χ3v) is 6.10. The molecule has 0 aliphatic heterocycles. The van der Waals surface area contributed by atoms with Crippen LogP contribution < -0.4 is 5.32 Å². The molecule has 0 saturated heterocycles. The Morgan fingerprint density at radius 1 is 1.06 bits per heavy atom. The minimum atomic E-state index is -1.83. The Morgan fingerprint density at radius 2 is 1.74 bits per heavy atom. The largest absolute Gasteiger partial charge is 0.503 e. The molecule has 2 aromatic rings. The van der Waals surface area contributed by atoms with Crippen LogP contribution in [0.3, 0.4) is 0 Å². The molecule has 0 radical (unpaired) electrons. The Kier molecular flexibility index (Phi) is 7.91. The van der Waals surface area contributed by atoms with Gasteiger partial charge in [-0.15, -0.1) is 0 Å². The van der Waals surface area contributed by atoms with Crippen molar-refractivity contribution in [3.63, 3.8) is 0 Å². The average Bonchev–Trinajstić information content (AvgIpc) is 3.34. The summed E-state index contributed by atoms with van der Waals surface area (Å²) in [4.78, 5) is 21.7. The van der Waals surface area contributed by atoms with Crippen LogP contribution in [0.5, 0.6) is 0 Å². The first kappa shape index (κ1) is 23.1. The van der Waals surface area contributed by atoms with Crippen LogP contribution in [0.1, 0.15) is 55.6 Å². The van der Waals surface area contributed by atoms with Crippen LogP contribution in [0.25, 0.3) is 0 Å². The molecule has 1 unspecified atom stereocenters. The minimum Gasteiger partial charge on any atom is -0.450 e. The SMILES string of the molecule is O=C(Nc1cccc(CC2CC2)c1)C(c1ccc(Cl)cc1F)C1CCCC1.O=C(O)O. The van der Waals surface area contributed by atoms with Gasteiger partial charge in [-0.25, -0.2) is 9.18 Å². The molecule has 0 bridgehead atoms. The fourth-order valence-electron chi connectivity index (χ4n) is 4.31. The van der Waals surface area contributed by atoms with Gasteiger partial charge in [0.2, 0.25) is 5.91 Å². The van der Waals surface area contributed by atoms with Crippen molar-refractivity contribution in [2.24, 2.45) is 11.8 Å². The summed E-state index contributed by atoms with van der Waals surface area (Å²) in [5.74, 6) is -0.0127. The molecule has 1 atom stereocenters. The predicted octanol–water partition coefficient (Wildman–Crippen LogP) is 6.57. The second kappa shape index (κ2) is 10.6. The van der Waals surface area contributed by atoms with E-state index in [1.807, 2.05) is 12.1 Å². The van der Waals surface area contributed by atoms with Crippen molar-refractivity contribution >= 4 is 29.4 Å². The quantitative estimate of drug-likeness (QED) is 0.467. The summed E-state index contributed by atoms with van der Waals surface area (Å²) in [6, 6.07) is 12.7. The summed E-state index contributed by atoms with van der Waals surface area (Å²) in [5, 5.41) is 17.4. The normalized spacial score (nSPS) is 16.8. The van der Waals surface area contributed by atoms with E-state index in [0.29, 0.717) is 10.6 Å². The molecule has 4 rings (SSSR count). The van der Waals surface area contributed by atoms with Gasteiger partial charge in [-0.1, -0.05) is 42.6 Å². The van der Waals surface area contributed by atoms with Crippen molar-refractivity contribution in [3.8, 4) is 0 Å². The standard InChI is InChI=1S/C23H25ClFNO.CH2O3/c24-18-10-11-20(21(25)14-18)22(17-5-1-2-6-17)23(27)26-19-7-3-4-16(13-19)12-15-8-9-15;2-1(3)4/h3-4,7,10-11,13-15,17,22H,1-2,5-6,8-9,12H2,(H,26,27);(H2,2,3,4). The maximum Gasteiger partial charge on any atom is 0.503 e. The average molecular weight is 448 g/mol. The summed E-state index contributed by atoms with van der Waals surface area (Å²) in [7, 11) is 0. The molecule has 2 aliphatic rings. The molecule has 7 heteroatoms. The molecule has 5 nitrogen and oxygen atoms in total. The number of hydrogen-bond donors (Lipinski definition) is 3. The zero-order valence-corrected chi connectivity index (χ0v) is 17.9. The van der Waals surface area contributed by atoms with Gasteiger partial charge in [0.1, 0.15) is 5.82 Å². The number of amides is 1. The molecule has 2 saturated carbocycles. The first-order chi connectivity index (χ1) is 14.8. The van der Waals surface area contributed by atoms with Crippen molar-refractivity contribution in [3.05, 3.63) is 64.4 Å². The maximum atomic E-state index is 14.6. The Hall–Kier alpha value is -2.60. The lowest BCUT2D eigenvalue weighted by atomic mass is 9.83. The number of halogens is 2. The summed E-state index contributed by atoms with van der Waals surface area (Å²) in [5.41, 5.74) is 2.51. The summed E-state index contributed by atoms with van der Waals surface area (Å²) in [6.07, 6.45) is 5.96. The van der Waals surface area contributed by atoms with Gasteiger partial charge in [0.25, 0.3) is 0 Å². The molecule has 166 valence electrons. The number of anilines is 1. The Labute approximate surface area is 186 Å². The Bertz CT molecular complexity index is 922. The topological polar surface area (TPSA) is 86.6 Å². The zero-order chi connectivity index (χ0) is 22.4. The molecule has 2 fully saturated rings. The highest BCUT2D eigenvalue weighted by Gasteiger charge is 2.34. The van der Waals surface area contributed by atoms with Crippen LogP contribution in [0, 0.1) is 17.7 Å².